The standard InChI is InChI=1S/C16H14N2O3/c1-9-7-13(10(2)21-9)16(20)18-17-14-8-15(19)12-6-4-3-5-11(12)14/h3-7H,8H2,1-2H3,(H,18,20). The first-order valence-electron chi connectivity index (χ1n) is 6.63. The first-order chi connectivity index (χ1) is 10.1. The zero-order valence-electron chi connectivity index (χ0n) is 11.8. The van der Waals surface area contributed by atoms with Crippen LogP contribution in [0.25, 0.3) is 0 Å². The lowest BCUT2D eigenvalue weighted by Gasteiger charge is -2.01. The van der Waals surface area contributed by atoms with Crippen LogP contribution < -0.4 is 5.43 Å². The number of Topliss-reactive ketones (excluding diaryl/α,β-unsaturated/α-hetero) is 1. The normalized spacial score (nSPS) is 15.3. The molecular weight excluding hydrogens is 268 g/mol. The predicted molar refractivity (Wildman–Crippen MR) is 77.6 cm³/mol. The molecule has 0 atom stereocenters. The molecule has 1 N–H and O–H groups in total. The summed E-state index contributed by atoms with van der Waals surface area (Å²) in [7, 11) is 0. The fourth-order valence-corrected chi connectivity index (χ4v) is 2.45. The number of nitrogens with one attached hydrogen (secondary N) is 1. The molecule has 106 valence electrons. The lowest BCUT2D eigenvalue weighted by Crippen LogP contribution is -2.19. The van der Waals surface area contributed by atoms with Gasteiger partial charge in [0.2, 0.25) is 0 Å². The van der Waals surface area contributed by atoms with Crippen LogP contribution in [-0.4, -0.2) is 17.4 Å². The highest BCUT2D eigenvalue weighted by atomic mass is 16.3. The average molecular weight is 282 g/mol. The molecule has 2 aromatic rings. The second-order valence-electron chi connectivity index (χ2n) is 4.97. The molecule has 0 fully saturated rings. The summed E-state index contributed by atoms with van der Waals surface area (Å²) in [4.78, 5) is 23.9. The average Bonchev–Trinajstić information content (AvgIpc) is 2.97. The van der Waals surface area contributed by atoms with Crippen molar-refractivity contribution in [2.45, 2.75) is 20.3 Å². The molecular formula is C16H14N2O3. The SMILES string of the molecule is Cc1cc(C(=O)NN=C2CC(=O)c3ccccc32)c(C)o1. The fourth-order valence-electron chi connectivity index (χ4n) is 2.45. The van der Waals surface area contributed by atoms with Gasteiger partial charge in [-0.15, -0.1) is 0 Å². The maximum atomic E-state index is 12.1. The van der Waals surface area contributed by atoms with Gasteiger partial charge < -0.3 is 4.42 Å². The van der Waals surface area contributed by atoms with Gasteiger partial charge in [-0.05, 0) is 19.9 Å². The van der Waals surface area contributed by atoms with E-state index in [-0.39, 0.29) is 18.1 Å². The summed E-state index contributed by atoms with van der Waals surface area (Å²) in [5.74, 6) is 0.905. The molecule has 5 heteroatoms. The molecule has 0 saturated heterocycles. The largest absolute Gasteiger partial charge is 0.466 e. The first-order valence-corrected chi connectivity index (χ1v) is 6.63. The minimum Gasteiger partial charge on any atom is -0.466 e. The number of furan rings is 1. The van der Waals surface area contributed by atoms with E-state index in [9.17, 15) is 9.59 Å². The van der Waals surface area contributed by atoms with Gasteiger partial charge in [0, 0.05) is 11.1 Å². The van der Waals surface area contributed by atoms with Gasteiger partial charge in [0.05, 0.1) is 17.7 Å². The number of ketones is 1. The van der Waals surface area contributed by atoms with Crippen molar-refractivity contribution in [3.63, 3.8) is 0 Å². The molecule has 1 aromatic carbocycles. The Morgan fingerprint density at radius 2 is 1.95 bits per heavy atom. The Kier molecular flexibility index (Phi) is 3.17. The maximum absolute atomic E-state index is 12.1. The Morgan fingerprint density at radius 1 is 1.24 bits per heavy atom. The molecule has 0 bridgehead atoms. The van der Waals surface area contributed by atoms with E-state index >= 15 is 0 Å². The number of hydrogen-bond acceptors (Lipinski definition) is 4. The van der Waals surface area contributed by atoms with Gasteiger partial charge in [-0.3, -0.25) is 9.59 Å². The quantitative estimate of drug-likeness (QED) is 0.861. The minimum absolute atomic E-state index is 0.0222. The number of carbonyl (C=O) groups excluding carboxylic acids is 2. The number of aryl methyl sites for hydroxylation is 2. The Balaban J connectivity index is 1.83. The molecule has 21 heavy (non-hydrogen) atoms. The maximum Gasteiger partial charge on any atom is 0.274 e. The van der Waals surface area contributed by atoms with Crippen molar-refractivity contribution in [1.82, 2.24) is 5.43 Å². The van der Waals surface area contributed by atoms with Crippen LogP contribution in [0, 0.1) is 13.8 Å². The van der Waals surface area contributed by atoms with E-state index in [0.717, 1.165) is 5.56 Å². The van der Waals surface area contributed by atoms with E-state index in [4.69, 9.17) is 4.42 Å². The van der Waals surface area contributed by atoms with Gasteiger partial charge in [-0.25, -0.2) is 5.43 Å². The van der Waals surface area contributed by atoms with Crippen LogP contribution in [0.15, 0.2) is 39.9 Å². The summed E-state index contributed by atoms with van der Waals surface area (Å²) in [5.41, 5.74) is 4.97. The van der Waals surface area contributed by atoms with E-state index < -0.39 is 0 Å². The monoisotopic (exact) mass is 282 g/mol. The number of hydrazone groups is 1. The number of benzene rings is 1. The third kappa shape index (κ3) is 2.38. The third-order valence-electron chi connectivity index (χ3n) is 3.44. The molecule has 1 aliphatic carbocycles. The molecule has 0 aliphatic heterocycles. The van der Waals surface area contributed by atoms with Gasteiger partial charge in [-0.2, -0.15) is 5.10 Å². The van der Waals surface area contributed by atoms with Gasteiger partial charge in [0.1, 0.15) is 11.5 Å². The van der Waals surface area contributed by atoms with Crippen LogP contribution in [0.4, 0.5) is 0 Å². The van der Waals surface area contributed by atoms with Gasteiger partial charge in [-0.1, -0.05) is 24.3 Å². The summed E-state index contributed by atoms with van der Waals surface area (Å²) < 4.78 is 5.32. The predicted octanol–water partition coefficient (Wildman–Crippen LogP) is 2.62. The first kappa shape index (κ1) is 13.3. The zero-order chi connectivity index (χ0) is 15.0. The summed E-state index contributed by atoms with van der Waals surface area (Å²) in [6.45, 7) is 3.50. The summed E-state index contributed by atoms with van der Waals surface area (Å²) in [6, 6.07) is 8.93. The van der Waals surface area contributed by atoms with Crippen LogP contribution in [-0.2, 0) is 0 Å². The summed E-state index contributed by atoms with van der Waals surface area (Å²) in [5, 5.41) is 4.10. The highest BCUT2D eigenvalue weighted by Gasteiger charge is 2.25. The van der Waals surface area contributed by atoms with Crippen molar-refractivity contribution in [3.05, 3.63) is 58.5 Å². The van der Waals surface area contributed by atoms with E-state index in [0.29, 0.717) is 28.4 Å². The highest BCUT2D eigenvalue weighted by Crippen LogP contribution is 2.22. The second kappa shape index (κ2) is 5.01. The van der Waals surface area contributed by atoms with Crippen molar-refractivity contribution in [1.29, 1.82) is 0 Å². The van der Waals surface area contributed by atoms with Crippen LogP contribution in [0.3, 0.4) is 0 Å². The van der Waals surface area contributed by atoms with Crippen LogP contribution >= 0.6 is 0 Å². The molecule has 3 rings (SSSR count). The molecule has 0 saturated carbocycles. The molecule has 1 aromatic heterocycles. The van der Waals surface area contributed by atoms with Crippen molar-refractivity contribution in [2.75, 3.05) is 0 Å². The summed E-state index contributed by atoms with van der Waals surface area (Å²) in [6.07, 6.45) is 0.211. The minimum atomic E-state index is -0.339. The Labute approximate surface area is 121 Å². The Bertz CT molecular complexity index is 772. The molecule has 1 heterocycles. The van der Waals surface area contributed by atoms with Gasteiger partial charge in [0.25, 0.3) is 5.91 Å². The van der Waals surface area contributed by atoms with Crippen molar-refractivity contribution >= 4 is 17.4 Å². The number of rotatable bonds is 2. The molecule has 1 aliphatic rings. The van der Waals surface area contributed by atoms with Crippen molar-refractivity contribution < 1.29 is 14.0 Å². The van der Waals surface area contributed by atoms with Crippen molar-refractivity contribution in [3.8, 4) is 0 Å². The highest BCUT2D eigenvalue weighted by molar-refractivity contribution is 6.26. The van der Waals surface area contributed by atoms with Crippen LogP contribution in [0.2, 0.25) is 0 Å². The molecule has 0 spiro atoms. The number of hydrogen-bond donors (Lipinski definition) is 1. The smallest absolute Gasteiger partial charge is 0.274 e. The third-order valence-corrected chi connectivity index (χ3v) is 3.44. The van der Waals surface area contributed by atoms with E-state index in [2.05, 4.69) is 10.5 Å². The van der Waals surface area contributed by atoms with E-state index in [1.165, 1.54) is 0 Å². The number of nitrogens with zero attached hydrogens (tertiary/aromatic N) is 1. The van der Waals surface area contributed by atoms with Crippen molar-refractivity contribution in [2.24, 2.45) is 5.10 Å². The van der Waals surface area contributed by atoms with Crippen LogP contribution in [0.5, 0.6) is 0 Å². The Morgan fingerprint density at radius 3 is 2.62 bits per heavy atom. The number of fused-ring (bicyclic) bond motifs is 1. The number of carbonyl (C=O) groups is 2. The number of amides is 1. The van der Waals surface area contributed by atoms with Gasteiger partial charge in [0.15, 0.2) is 5.78 Å². The molecule has 0 unspecified atom stereocenters. The fraction of sp³-hybridized carbons (Fsp3) is 0.188. The topological polar surface area (TPSA) is 71.7 Å². The molecule has 1 amide bonds. The molecule has 5 nitrogen and oxygen atoms in total. The van der Waals surface area contributed by atoms with Gasteiger partial charge >= 0.3 is 0 Å². The molecule has 0 radical (unpaired) electrons. The zero-order valence-corrected chi connectivity index (χ0v) is 11.8. The van der Waals surface area contributed by atoms with E-state index in [1.807, 2.05) is 18.2 Å². The van der Waals surface area contributed by atoms with Crippen LogP contribution in [0.1, 0.15) is 44.2 Å². The lowest BCUT2D eigenvalue weighted by atomic mass is 10.1. The Hall–Kier alpha value is -2.69. The summed E-state index contributed by atoms with van der Waals surface area (Å²) >= 11 is 0. The second-order valence-corrected chi connectivity index (χ2v) is 4.97. The van der Waals surface area contributed by atoms with E-state index in [1.54, 1.807) is 26.0 Å². The lowest BCUT2D eigenvalue weighted by molar-refractivity contribution is 0.0950.